The summed E-state index contributed by atoms with van der Waals surface area (Å²) in [6.45, 7) is 2.25. The van der Waals surface area contributed by atoms with Gasteiger partial charge in [-0.2, -0.15) is 8.42 Å². The average Bonchev–Trinajstić information content (AvgIpc) is 2.74. The molecular formula is C26H38O5S. The molecule has 6 heteroatoms. The molecule has 0 saturated heterocycles. The molecule has 0 bridgehead atoms. The van der Waals surface area contributed by atoms with Gasteiger partial charge < -0.3 is 9.84 Å². The Morgan fingerprint density at radius 1 is 0.781 bits per heavy atom. The molecule has 0 amide bonds. The van der Waals surface area contributed by atoms with E-state index in [9.17, 15) is 18.1 Å². The molecular weight excluding hydrogens is 424 g/mol. The van der Waals surface area contributed by atoms with Crippen molar-refractivity contribution in [2.24, 2.45) is 0 Å². The Morgan fingerprint density at radius 2 is 1.38 bits per heavy atom. The molecule has 2 aromatic carbocycles. The molecule has 0 aliphatic rings. The first-order valence-corrected chi connectivity index (χ1v) is 13.4. The molecule has 0 heterocycles. The van der Waals surface area contributed by atoms with Gasteiger partial charge in [-0.15, -0.1) is 0 Å². The molecule has 0 spiro atoms. The van der Waals surface area contributed by atoms with Crippen LogP contribution in [-0.2, 0) is 16.5 Å². The highest BCUT2D eigenvalue weighted by molar-refractivity contribution is 7.85. The zero-order valence-electron chi connectivity index (χ0n) is 19.3. The number of phenolic OH excluding ortho intramolecular Hbond substituents is 1. The second kappa shape index (κ2) is 14.2. The van der Waals surface area contributed by atoms with Crippen LogP contribution in [0.1, 0.15) is 89.5 Å². The summed E-state index contributed by atoms with van der Waals surface area (Å²) in [6, 6.07) is 10.8. The summed E-state index contributed by atoms with van der Waals surface area (Å²) >= 11 is 0. The first kappa shape index (κ1) is 26.2. The van der Waals surface area contributed by atoms with Crippen LogP contribution >= 0.6 is 0 Å². The Morgan fingerprint density at radius 3 is 1.94 bits per heavy atom. The SMILES string of the molecule is CCCCCCCCCCCCCCc1ccc(S(=O)(=O)O)cc1Oc1cccc(O)c1. The van der Waals surface area contributed by atoms with E-state index in [0.717, 1.165) is 24.8 Å². The van der Waals surface area contributed by atoms with Crippen molar-refractivity contribution in [3.63, 3.8) is 0 Å². The third kappa shape index (κ3) is 10.0. The van der Waals surface area contributed by atoms with Crippen LogP contribution in [0.2, 0.25) is 0 Å². The standard InChI is InChI=1S/C26H38O5S/c1-2-3-4-5-6-7-8-9-10-11-12-13-15-22-18-19-25(32(28,29)30)21-26(22)31-24-17-14-16-23(27)20-24/h14,16-21,27H,2-13,15H2,1H3,(H,28,29,30). The Hall–Kier alpha value is -2.05. The topological polar surface area (TPSA) is 83.8 Å². The van der Waals surface area contributed by atoms with Crippen molar-refractivity contribution in [1.29, 1.82) is 0 Å². The van der Waals surface area contributed by atoms with Gasteiger partial charge in [-0.1, -0.05) is 89.7 Å². The normalized spacial score (nSPS) is 11.6. The fraction of sp³-hybridized carbons (Fsp3) is 0.538. The molecule has 5 nitrogen and oxygen atoms in total. The van der Waals surface area contributed by atoms with Gasteiger partial charge >= 0.3 is 0 Å². The van der Waals surface area contributed by atoms with Crippen molar-refractivity contribution >= 4 is 10.1 Å². The van der Waals surface area contributed by atoms with E-state index in [0.29, 0.717) is 11.5 Å². The molecule has 0 saturated carbocycles. The third-order valence-electron chi connectivity index (χ3n) is 5.68. The Kier molecular flexibility index (Phi) is 11.6. The van der Waals surface area contributed by atoms with Gasteiger partial charge in [0.1, 0.15) is 17.2 Å². The molecule has 0 fully saturated rings. The largest absolute Gasteiger partial charge is 0.508 e. The summed E-state index contributed by atoms with van der Waals surface area (Å²) in [6.07, 6.45) is 16.0. The highest BCUT2D eigenvalue weighted by atomic mass is 32.2. The van der Waals surface area contributed by atoms with Gasteiger partial charge in [0.15, 0.2) is 0 Å². The smallest absolute Gasteiger partial charge is 0.294 e. The van der Waals surface area contributed by atoms with Crippen LogP contribution in [0.25, 0.3) is 0 Å². The summed E-state index contributed by atoms with van der Waals surface area (Å²) in [4.78, 5) is -0.203. The number of hydrogen-bond donors (Lipinski definition) is 2. The Labute approximate surface area is 193 Å². The molecule has 0 radical (unpaired) electrons. The maximum atomic E-state index is 11.5. The fourth-order valence-corrected chi connectivity index (χ4v) is 4.32. The zero-order valence-corrected chi connectivity index (χ0v) is 20.1. The molecule has 32 heavy (non-hydrogen) atoms. The predicted molar refractivity (Wildman–Crippen MR) is 129 cm³/mol. The summed E-state index contributed by atoms with van der Waals surface area (Å²) in [5.41, 5.74) is 0.882. The number of unbranched alkanes of at least 4 members (excludes halogenated alkanes) is 11. The Bertz CT molecular complexity index is 908. The van der Waals surface area contributed by atoms with Gasteiger partial charge in [-0.05, 0) is 36.6 Å². The van der Waals surface area contributed by atoms with Crippen molar-refractivity contribution in [1.82, 2.24) is 0 Å². The fourth-order valence-electron chi connectivity index (χ4n) is 3.83. The first-order valence-electron chi connectivity index (χ1n) is 12.0. The summed E-state index contributed by atoms with van der Waals surface area (Å²) in [5.74, 6) is 0.859. The molecule has 0 aliphatic carbocycles. The number of phenols is 1. The van der Waals surface area contributed by atoms with Crippen molar-refractivity contribution in [3.8, 4) is 17.2 Å². The van der Waals surface area contributed by atoms with Crippen LogP contribution in [0.3, 0.4) is 0 Å². The summed E-state index contributed by atoms with van der Waals surface area (Å²) in [7, 11) is -4.32. The van der Waals surface area contributed by atoms with Gasteiger partial charge in [0.2, 0.25) is 0 Å². The van der Waals surface area contributed by atoms with E-state index in [4.69, 9.17) is 4.74 Å². The second-order valence-corrected chi connectivity index (χ2v) is 9.90. The van der Waals surface area contributed by atoms with Crippen LogP contribution in [0.15, 0.2) is 47.4 Å². The lowest BCUT2D eigenvalue weighted by Gasteiger charge is -2.13. The lowest BCUT2D eigenvalue weighted by atomic mass is 10.0. The van der Waals surface area contributed by atoms with Crippen LogP contribution in [0.4, 0.5) is 0 Å². The minimum atomic E-state index is -4.32. The molecule has 0 aromatic heterocycles. The van der Waals surface area contributed by atoms with Crippen molar-refractivity contribution in [2.75, 3.05) is 0 Å². The van der Waals surface area contributed by atoms with E-state index >= 15 is 0 Å². The van der Waals surface area contributed by atoms with Gasteiger partial charge in [0.05, 0.1) is 4.90 Å². The number of ether oxygens (including phenoxy) is 1. The highest BCUT2D eigenvalue weighted by Crippen LogP contribution is 2.31. The van der Waals surface area contributed by atoms with Crippen molar-refractivity contribution < 1.29 is 22.8 Å². The van der Waals surface area contributed by atoms with E-state index in [1.165, 1.54) is 88.5 Å². The maximum Gasteiger partial charge on any atom is 0.294 e. The van der Waals surface area contributed by atoms with E-state index in [1.807, 2.05) is 0 Å². The van der Waals surface area contributed by atoms with Crippen molar-refractivity contribution in [3.05, 3.63) is 48.0 Å². The minimum Gasteiger partial charge on any atom is -0.508 e. The van der Waals surface area contributed by atoms with Gasteiger partial charge in [-0.3, -0.25) is 4.55 Å². The van der Waals surface area contributed by atoms with Crippen LogP contribution in [-0.4, -0.2) is 18.1 Å². The van der Waals surface area contributed by atoms with Crippen LogP contribution in [0.5, 0.6) is 17.2 Å². The van der Waals surface area contributed by atoms with Crippen molar-refractivity contribution in [2.45, 2.75) is 95.3 Å². The number of aromatic hydroxyl groups is 1. The third-order valence-corrected chi connectivity index (χ3v) is 6.53. The minimum absolute atomic E-state index is 0.0657. The molecule has 0 unspecified atom stereocenters. The van der Waals surface area contributed by atoms with E-state index in [-0.39, 0.29) is 10.6 Å². The lowest BCUT2D eigenvalue weighted by molar-refractivity contribution is 0.449. The van der Waals surface area contributed by atoms with Gasteiger partial charge in [-0.25, -0.2) is 0 Å². The number of rotatable bonds is 16. The first-order chi connectivity index (χ1) is 15.4. The average molecular weight is 463 g/mol. The van der Waals surface area contributed by atoms with Crippen LogP contribution in [0, 0.1) is 0 Å². The Balaban J connectivity index is 1.79. The lowest BCUT2D eigenvalue weighted by Crippen LogP contribution is -2.00. The monoisotopic (exact) mass is 462 g/mol. The second-order valence-electron chi connectivity index (χ2n) is 8.48. The van der Waals surface area contributed by atoms with Crippen LogP contribution < -0.4 is 4.74 Å². The van der Waals surface area contributed by atoms with E-state index in [1.54, 1.807) is 18.2 Å². The molecule has 0 atom stereocenters. The highest BCUT2D eigenvalue weighted by Gasteiger charge is 2.14. The molecule has 2 N–H and O–H groups in total. The van der Waals surface area contributed by atoms with E-state index in [2.05, 4.69) is 6.92 Å². The van der Waals surface area contributed by atoms with E-state index < -0.39 is 10.1 Å². The molecule has 178 valence electrons. The van der Waals surface area contributed by atoms with Gasteiger partial charge in [0, 0.05) is 12.1 Å². The number of hydrogen-bond acceptors (Lipinski definition) is 4. The predicted octanol–water partition coefficient (Wildman–Crippen LogP) is 7.67. The number of benzene rings is 2. The summed E-state index contributed by atoms with van der Waals surface area (Å²) in [5, 5.41) is 9.65. The molecule has 2 aromatic rings. The maximum absolute atomic E-state index is 11.5. The van der Waals surface area contributed by atoms with Gasteiger partial charge in [0.25, 0.3) is 10.1 Å². The molecule has 2 rings (SSSR count). The zero-order chi connectivity index (χ0) is 23.2. The number of aryl methyl sites for hydroxylation is 1. The quantitative estimate of drug-likeness (QED) is 0.197. The summed E-state index contributed by atoms with van der Waals surface area (Å²) < 4.78 is 38.3. The molecule has 0 aliphatic heterocycles.